The van der Waals surface area contributed by atoms with E-state index >= 15 is 0 Å². The second-order valence-electron chi connectivity index (χ2n) is 3.97. The van der Waals surface area contributed by atoms with Gasteiger partial charge in [-0.3, -0.25) is 0 Å². The molecule has 1 aromatic carbocycles. The fraction of sp³-hybridized carbons (Fsp3) is 0.467. The van der Waals surface area contributed by atoms with Crippen LogP contribution in [0.15, 0.2) is 30.8 Å². The summed E-state index contributed by atoms with van der Waals surface area (Å²) >= 11 is 0. The van der Waals surface area contributed by atoms with Crippen LogP contribution in [0, 0.1) is 0 Å². The van der Waals surface area contributed by atoms with Crippen LogP contribution >= 0.6 is 0 Å². The second kappa shape index (κ2) is 8.59. The molecule has 0 atom stereocenters. The van der Waals surface area contributed by atoms with Gasteiger partial charge in [-0.25, -0.2) is 0 Å². The van der Waals surface area contributed by atoms with Crippen molar-refractivity contribution in [2.45, 2.75) is 19.8 Å². The third-order valence-corrected chi connectivity index (χ3v) is 2.56. The van der Waals surface area contributed by atoms with E-state index in [9.17, 15) is 0 Å². The molecule has 0 aliphatic rings. The number of unbranched alkanes of at least 4 members (excludes halogenated alkanes) is 1. The molecule has 0 heterocycles. The van der Waals surface area contributed by atoms with Crippen LogP contribution in [-0.4, -0.2) is 26.9 Å². The number of hydrogen-bond acceptors (Lipinski definition) is 3. The van der Waals surface area contributed by atoms with Gasteiger partial charge < -0.3 is 14.2 Å². The lowest BCUT2D eigenvalue weighted by Gasteiger charge is -2.10. The summed E-state index contributed by atoms with van der Waals surface area (Å²) in [4.78, 5) is 0. The Hall–Kier alpha value is -1.48. The maximum Gasteiger partial charge on any atom is 0.119 e. The van der Waals surface area contributed by atoms with E-state index in [0.717, 1.165) is 30.8 Å². The van der Waals surface area contributed by atoms with E-state index < -0.39 is 0 Å². The van der Waals surface area contributed by atoms with Crippen molar-refractivity contribution < 1.29 is 14.2 Å². The van der Waals surface area contributed by atoms with Gasteiger partial charge in [0.05, 0.1) is 13.7 Å². The van der Waals surface area contributed by atoms with E-state index in [2.05, 4.69) is 13.5 Å². The van der Waals surface area contributed by atoms with Crippen molar-refractivity contribution in [3.05, 3.63) is 36.4 Å². The first-order valence-electron chi connectivity index (χ1n) is 6.31. The SMILES string of the molecule is C=C(OCCOCCCC)c1ccc(OC)cc1. The van der Waals surface area contributed by atoms with Crippen LogP contribution in [0.2, 0.25) is 0 Å². The highest BCUT2D eigenvalue weighted by Gasteiger charge is 2.00. The number of hydrogen-bond donors (Lipinski definition) is 0. The molecule has 0 aromatic heterocycles. The number of rotatable bonds is 9. The summed E-state index contributed by atoms with van der Waals surface area (Å²) in [7, 11) is 1.65. The molecule has 0 aliphatic carbocycles. The summed E-state index contributed by atoms with van der Waals surface area (Å²) in [6.07, 6.45) is 2.25. The molecular formula is C15H22O3. The van der Waals surface area contributed by atoms with E-state index in [4.69, 9.17) is 14.2 Å². The summed E-state index contributed by atoms with van der Waals surface area (Å²) in [5.41, 5.74) is 0.962. The first-order valence-corrected chi connectivity index (χ1v) is 6.31. The first-order chi connectivity index (χ1) is 8.77. The molecule has 0 bridgehead atoms. The minimum absolute atomic E-state index is 0.536. The van der Waals surface area contributed by atoms with E-state index in [1.807, 2.05) is 24.3 Å². The topological polar surface area (TPSA) is 27.7 Å². The van der Waals surface area contributed by atoms with Crippen LogP contribution in [0.3, 0.4) is 0 Å². The molecule has 0 unspecified atom stereocenters. The lowest BCUT2D eigenvalue weighted by Crippen LogP contribution is -2.04. The van der Waals surface area contributed by atoms with Crippen molar-refractivity contribution in [1.29, 1.82) is 0 Å². The van der Waals surface area contributed by atoms with Crippen molar-refractivity contribution in [2.24, 2.45) is 0 Å². The summed E-state index contributed by atoms with van der Waals surface area (Å²) in [6, 6.07) is 7.64. The van der Waals surface area contributed by atoms with Gasteiger partial charge in [-0.15, -0.1) is 0 Å². The molecule has 3 nitrogen and oxygen atoms in total. The summed E-state index contributed by atoms with van der Waals surface area (Å²) in [5, 5.41) is 0. The molecule has 1 aromatic rings. The van der Waals surface area contributed by atoms with Gasteiger partial charge in [0, 0.05) is 12.2 Å². The van der Waals surface area contributed by atoms with Gasteiger partial charge in [0.25, 0.3) is 0 Å². The van der Waals surface area contributed by atoms with Crippen LogP contribution in [0.25, 0.3) is 5.76 Å². The van der Waals surface area contributed by atoms with Crippen LogP contribution < -0.4 is 4.74 Å². The average Bonchev–Trinajstić information content (AvgIpc) is 2.42. The van der Waals surface area contributed by atoms with Crippen molar-refractivity contribution in [1.82, 2.24) is 0 Å². The van der Waals surface area contributed by atoms with E-state index in [-0.39, 0.29) is 0 Å². The molecule has 0 spiro atoms. The van der Waals surface area contributed by atoms with Crippen LogP contribution in [0.5, 0.6) is 5.75 Å². The molecule has 0 fully saturated rings. The van der Waals surface area contributed by atoms with Gasteiger partial charge in [-0.2, -0.15) is 0 Å². The standard InChI is InChI=1S/C15H22O3/c1-4-5-10-17-11-12-18-13(2)14-6-8-15(16-3)9-7-14/h6-9H,2,4-5,10-12H2,1,3H3. The Balaban J connectivity index is 2.23. The molecule has 0 aliphatic heterocycles. The number of methoxy groups -OCH3 is 1. The highest BCUT2D eigenvalue weighted by atomic mass is 16.5. The Kier molecular flexibility index (Phi) is 6.96. The Bertz CT molecular complexity index is 343. The van der Waals surface area contributed by atoms with Crippen molar-refractivity contribution in [3.8, 4) is 5.75 Å². The molecule has 0 saturated heterocycles. The second-order valence-corrected chi connectivity index (χ2v) is 3.97. The van der Waals surface area contributed by atoms with Crippen LogP contribution in [0.4, 0.5) is 0 Å². The zero-order valence-electron chi connectivity index (χ0n) is 11.3. The number of ether oxygens (including phenoxy) is 3. The Morgan fingerprint density at radius 3 is 2.44 bits per heavy atom. The highest BCUT2D eigenvalue weighted by molar-refractivity contribution is 5.58. The lowest BCUT2D eigenvalue weighted by atomic mass is 10.2. The first kappa shape index (κ1) is 14.6. The number of benzene rings is 1. The average molecular weight is 250 g/mol. The Labute approximate surface area is 109 Å². The van der Waals surface area contributed by atoms with Gasteiger partial charge in [0.1, 0.15) is 18.1 Å². The van der Waals surface area contributed by atoms with Gasteiger partial charge in [-0.1, -0.05) is 19.9 Å². The Morgan fingerprint density at radius 1 is 1.11 bits per heavy atom. The minimum Gasteiger partial charge on any atom is -0.497 e. The zero-order valence-corrected chi connectivity index (χ0v) is 11.3. The summed E-state index contributed by atoms with van der Waals surface area (Å²) in [6.45, 7) is 7.98. The zero-order chi connectivity index (χ0) is 13.2. The largest absolute Gasteiger partial charge is 0.497 e. The minimum atomic E-state index is 0.536. The molecule has 0 amide bonds. The molecular weight excluding hydrogens is 228 g/mol. The van der Waals surface area contributed by atoms with Gasteiger partial charge in [0.2, 0.25) is 0 Å². The Morgan fingerprint density at radius 2 is 1.83 bits per heavy atom. The van der Waals surface area contributed by atoms with Crippen molar-refractivity contribution in [2.75, 3.05) is 26.9 Å². The smallest absolute Gasteiger partial charge is 0.119 e. The normalized spacial score (nSPS) is 10.1. The van der Waals surface area contributed by atoms with E-state index in [1.54, 1.807) is 7.11 Å². The molecule has 0 saturated carbocycles. The van der Waals surface area contributed by atoms with Crippen molar-refractivity contribution >= 4 is 5.76 Å². The third-order valence-electron chi connectivity index (χ3n) is 2.56. The maximum absolute atomic E-state index is 5.52. The third kappa shape index (κ3) is 5.23. The molecule has 100 valence electrons. The molecule has 0 radical (unpaired) electrons. The van der Waals surface area contributed by atoms with Crippen molar-refractivity contribution in [3.63, 3.8) is 0 Å². The summed E-state index contributed by atoms with van der Waals surface area (Å²) < 4.78 is 16.0. The quantitative estimate of drug-likeness (QED) is 0.496. The van der Waals surface area contributed by atoms with Gasteiger partial charge in [0.15, 0.2) is 0 Å². The van der Waals surface area contributed by atoms with Crippen LogP contribution in [0.1, 0.15) is 25.3 Å². The highest BCUT2D eigenvalue weighted by Crippen LogP contribution is 2.17. The lowest BCUT2D eigenvalue weighted by molar-refractivity contribution is 0.0895. The predicted molar refractivity (Wildman–Crippen MR) is 73.7 cm³/mol. The van der Waals surface area contributed by atoms with E-state index in [1.165, 1.54) is 0 Å². The monoisotopic (exact) mass is 250 g/mol. The van der Waals surface area contributed by atoms with Gasteiger partial charge in [-0.05, 0) is 30.7 Å². The van der Waals surface area contributed by atoms with E-state index in [0.29, 0.717) is 19.0 Å². The molecule has 3 heteroatoms. The molecule has 0 N–H and O–H groups in total. The predicted octanol–water partition coefficient (Wildman–Crippen LogP) is 3.50. The fourth-order valence-corrected chi connectivity index (χ4v) is 1.43. The molecule has 1 rings (SSSR count). The summed E-state index contributed by atoms with van der Waals surface area (Å²) in [5.74, 6) is 1.49. The maximum atomic E-state index is 5.52. The fourth-order valence-electron chi connectivity index (χ4n) is 1.43. The molecule has 18 heavy (non-hydrogen) atoms. The van der Waals surface area contributed by atoms with Gasteiger partial charge >= 0.3 is 0 Å². The van der Waals surface area contributed by atoms with Crippen LogP contribution in [-0.2, 0) is 9.47 Å².